The molecule has 1 aromatic heterocycles. The van der Waals surface area contributed by atoms with E-state index in [4.69, 9.17) is 4.74 Å². The molecule has 1 N–H and O–H groups in total. The smallest absolute Gasteiger partial charge is 0.125 e. The zero-order valence-electron chi connectivity index (χ0n) is 11.7. The molecule has 0 radical (unpaired) electrons. The Morgan fingerprint density at radius 2 is 2.15 bits per heavy atom. The Morgan fingerprint density at radius 1 is 1.35 bits per heavy atom. The summed E-state index contributed by atoms with van der Waals surface area (Å²) in [5.41, 5.74) is 3.50. The predicted molar refractivity (Wildman–Crippen MR) is 87.4 cm³/mol. The van der Waals surface area contributed by atoms with Gasteiger partial charge in [0.15, 0.2) is 0 Å². The van der Waals surface area contributed by atoms with Gasteiger partial charge in [0.25, 0.3) is 0 Å². The van der Waals surface area contributed by atoms with E-state index >= 15 is 0 Å². The molecule has 3 rings (SSSR count). The first-order valence-corrected chi connectivity index (χ1v) is 6.53. The first-order chi connectivity index (χ1) is 8.78. The molecule has 1 aliphatic rings. The van der Waals surface area contributed by atoms with E-state index in [2.05, 4.69) is 36.3 Å². The van der Waals surface area contributed by atoms with E-state index in [-0.39, 0.29) is 30.9 Å². The number of ether oxygens (including phenoxy) is 1. The van der Waals surface area contributed by atoms with Crippen LogP contribution in [0.5, 0.6) is 5.75 Å². The van der Waals surface area contributed by atoms with Crippen LogP contribution < -0.4 is 10.1 Å². The molecular formula is C15H20Cl2N2O. The average molecular weight is 315 g/mol. The summed E-state index contributed by atoms with van der Waals surface area (Å²) < 4.78 is 6.08. The van der Waals surface area contributed by atoms with E-state index in [9.17, 15) is 0 Å². The van der Waals surface area contributed by atoms with Gasteiger partial charge in [-0.15, -0.1) is 24.8 Å². The maximum Gasteiger partial charge on any atom is 0.125 e. The molecule has 0 saturated carbocycles. The van der Waals surface area contributed by atoms with Gasteiger partial charge in [-0.25, -0.2) is 0 Å². The number of rotatable bonds is 1. The van der Waals surface area contributed by atoms with Crippen LogP contribution in [-0.4, -0.2) is 17.6 Å². The van der Waals surface area contributed by atoms with Crippen molar-refractivity contribution in [2.75, 3.05) is 6.54 Å². The van der Waals surface area contributed by atoms with E-state index in [1.54, 1.807) is 0 Å². The van der Waals surface area contributed by atoms with Crippen LogP contribution in [0.25, 0.3) is 10.9 Å². The van der Waals surface area contributed by atoms with Crippen molar-refractivity contribution in [3.05, 3.63) is 35.5 Å². The van der Waals surface area contributed by atoms with Gasteiger partial charge in [0.1, 0.15) is 11.9 Å². The Balaban J connectivity index is 0.000001000. The number of hydrogen-bond acceptors (Lipinski definition) is 3. The summed E-state index contributed by atoms with van der Waals surface area (Å²) in [6, 6.07) is 6.33. The first-order valence-electron chi connectivity index (χ1n) is 6.53. The highest BCUT2D eigenvalue weighted by Gasteiger charge is 2.17. The molecule has 1 aliphatic heterocycles. The Kier molecular flexibility index (Phi) is 6.06. The zero-order chi connectivity index (χ0) is 12.5. The molecule has 2 aromatic rings. The third-order valence-electron chi connectivity index (χ3n) is 3.58. The van der Waals surface area contributed by atoms with E-state index in [0.29, 0.717) is 0 Å². The van der Waals surface area contributed by atoms with Gasteiger partial charge in [-0.3, -0.25) is 4.98 Å². The highest BCUT2D eigenvalue weighted by Crippen LogP contribution is 2.29. The lowest BCUT2D eigenvalue weighted by molar-refractivity contribution is 0.202. The largest absolute Gasteiger partial charge is 0.489 e. The summed E-state index contributed by atoms with van der Waals surface area (Å²) in [5.74, 6) is 1.01. The third-order valence-corrected chi connectivity index (χ3v) is 3.58. The standard InChI is InChI=1S/C15H18N2O.2ClH/c1-3-12-9-16-8-11-6-14-13(7-15(11)18-12)10(2)4-5-17-14;;/h4-7,12,16H,3,8-9H2,1-2H3;2*1H/t12-;;/m1../s1. The van der Waals surface area contributed by atoms with Crippen LogP contribution in [0.3, 0.4) is 0 Å². The molecule has 1 aromatic carbocycles. The number of nitrogens with zero attached hydrogens (tertiary/aromatic N) is 1. The number of nitrogens with one attached hydrogen (secondary N) is 1. The molecule has 0 bridgehead atoms. The van der Waals surface area contributed by atoms with Crippen molar-refractivity contribution in [1.29, 1.82) is 0 Å². The Hall–Kier alpha value is -1.03. The molecule has 0 spiro atoms. The Morgan fingerprint density at radius 3 is 2.90 bits per heavy atom. The minimum absolute atomic E-state index is 0. The first kappa shape index (κ1) is 17.0. The molecule has 110 valence electrons. The van der Waals surface area contributed by atoms with Crippen molar-refractivity contribution < 1.29 is 4.74 Å². The molecular weight excluding hydrogens is 295 g/mol. The Labute approximate surface area is 131 Å². The van der Waals surface area contributed by atoms with Crippen LogP contribution in [-0.2, 0) is 6.54 Å². The van der Waals surface area contributed by atoms with Gasteiger partial charge in [0.05, 0.1) is 5.52 Å². The number of hydrogen-bond donors (Lipinski definition) is 1. The molecule has 0 unspecified atom stereocenters. The van der Waals surface area contributed by atoms with Gasteiger partial charge in [-0.1, -0.05) is 6.92 Å². The van der Waals surface area contributed by atoms with E-state index < -0.39 is 0 Å². The number of fused-ring (bicyclic) bond motifs is 2. The lowest BCUT2D eigenvalue weighted by Crippen LogP contribution is -2.27. The summed E-state index contributed by atoms with van der Waals surface area (Å²) in [6.07, 6.45) is 3.15. The molecule has 0 amide bonds. The van der Waals surface area contributed by atoms with E-state index in [1.807, 2.05) is 12.3 Å². The SMILES string of the molecule is CC[C@@H]1CNCc2cc3nccc(C)c3cc2O1.Cl.Cl. The monoisotopic (exact) mass is 314 g/mol. The third kappa shape index (κ3) is 3.17. The normalized spacial score (nSPS) is 17.2. The van der Waals surface area contributed by atoms with Crippen LogP contribution >= 0.6 is 24.8 Å². The van der Waals surface area contributed by atoms with E-state index in [0.717, 1.165) is 30.8 Å². The number of benzene rings is 1. The van der Waals surface area contributed by atoms with Crippen LogP contribution in [0, 0.1) is 6.92 Å². The van der Waals surface area contributed by atoms with Crippen molar-refractivity contribution in [1.82, 2.24) is 10.3 Å². The summed E-state index contributed by atoms with van der Waals surface area (Å²) in [7, 11) is 0. The number of aromatic nitrogens is 1. The van der Waals surface area contributed by atoms with Crippen LogP contribution in [0.4, 0.5) is 0 Å². The minimum Gasteiger partial charge on any atom is -0.489 e. The maximum atomic E-state index is 6.08. The number of aryl methyl sites for hydroxylation is 1. The van der Waals surface area contributed by atoms with Gasteiger partial charge in [0.2, 0.25) is 0 Å². The minimum atomic E-state index is 0. The number of pyridine rings is 1. The predicted octanol–water partition coefficient (Wildman–Crippen LogP) is 3.65. The van der Waals surface area contributed by atoms with Gasteiger partial charge >= 0.3 is 0 Å². The molecule has 3 nitrogen and oxygen atoms in total. The highest BCUT2D eigenvalue weighted by atomic mass is 35.5. The lowest BCUT2D eigenvalue weighted by Gasteiger charge is -2.15. The second-order valence-electron chi connectivity index (χ2n) is 4.88. The summed E-state index contributed by atoms with van der Waals surface area (Å²) >= 11 is 0. The van der Waals surface area contributed by atoms with Crippen molar-refractivity contribution in [2.24, 2.45) is 0 Å². The second-order valence-corrected chi connectivity index (χ2v) is 4.88. The summed E-state index contributed by atoms with van der Waals surface area (Å²) in [6.45, 7) is 6.04. The Bertz CT molecular complexity index is 589. The lowest BCUT2D eigenvalue weighted by atomic mass is 10.1. The maximum absolute atomic E-state index is 6.08. The van der Waals surface area contributed by atoms with Gasteiger partial charge in [-0.2, -0.15) is 0 Å². The second kappa shape index (κ2) is 7.11. The highest BCUT2D eigenvalue weighted by molar-refractivity contribution is 5.86. The molecule has 0 saturated heterocycles. The molecule has 1 atom stereocenters. The fourth-order valence-corrected chi connectivity index (χ4v) is 2.42. The van der Waals surface area contributed by atoms with Crippen molar-refractivity contribution in [2.45, 2.75) is 32.9 Å². The topological polar surface area (TPSA) is 34.2 Å². The quantitative estimate of drug-likeness (QED) is 0.872. The molecule has 2 heterocycles. The van der Waals surface area contributed by atoms with Crippen molar-refractivity contribution >= 4 is 35.7 Å². The van der Waals surface area contributed by atoms with Crippen molar-refractivity contribution in [3.63, 3.8) is 0 Å². The van der Waals surface area contributed by atoms with Crippen molar-refractivity contribution in [3.8, 4) is 5.75 Å². The molecule has 0 aliphatic carbocycles. The zero-order valence-corrected chi connectivity index (χ0v) is 13.3. The fraction of sp³-hybridized carbons (Fsp3) is 0.400. The molecule has 0 fully saturated rings. The van der Waals surface area contributed by atoms with Gasteiger partial charge in [-0.05, 0) is 37.1 Å². The fourth-order valence-electron chi connectivity index (χ4n) is 2.42. The van der Waals surface area contributed by atoms with Crippen LogP contribution in [0.15, 0.2) is 24.4 Å². The average Bonchev–Trinajstić information content (AvgIpc) is 2.58. The van der Waals surface area contributed by atoms with Gasteiger partial charge in [0, 0.05) is 30.2 Å². The van der Waals surface area contributed by atoms with Crippen LogP contribution in [0.2, 0.25) is 0 Å². The number of halogens is 2. The molecule has 20 heavy (non-hydrogen) atoms. The van der Waals surface area contributed by atoms with E-state index in [1.165, 1.54) is 16.5 Å². The van der Waals surface area contributed by atoms with Gasteiger partial charge < -0.3 is 10.1 Å². The summed E-state index contributed by atoms with van der Waals surface area (Å²) in [4.78, 5) is 4.44. The molecule has 5 heteroatoms. The summed E-state index contributed by atoms with van der Waals surface area (Å²) in [5, 5.41) is 4.62. The van der Waals surface area contributed by atoms with Crippen LogP contribution in [0.1, 0.15) is 24.5 Å².